The van der Waals surface area contributed by atoms with E-state index in [4.69, 9.17) is 26.6 Å². The fraction of sp³-hybridized carbons (Fsp3) is 0. The molecule has 0 aromatic heterocycles. The van der Waals surface area contributed by atoms with Gasteiger partial charge in [-0.25, -0.2) is 0 Å². The molecule has 0 heterocycles. The van der Waals surface area contributed by atoms with Crippen LogP contribution in [-0.2, 0) is 31.6 Å². The SMILES string of the molecule is N.O=S(O)(O)=S.O=S(O)O.[H-].[Na+]. The maximum Gasteiger partial charge on any atom is 1.00 e. The van der Waals surface area contributed by atoms with Crippen LogP contribution in [0.25, 0.3) is 0 Å². The summed E-state index contributed by atoms with van der Waals surface area (Å²) in [7, 11) is -3.83. The predicted octanol–water partition coefficient (Wildman–Crippen LogP) is -3.36. The molecule has 0 aromatic carbocycles. The van der Waals surface area contributed by atoms with Crippen molar-refractivity contribution in [3.8, 4) is 0 Å². The van der Waals surface area contributed by atoms with Crippen LogP contribution < -0.4 is 35.7 Å². The van der Waals surface area contributed by atoms with Gasteiger partial charge >= 0.3 is 29.6 Å². The van der Waals surface area contributed by atoms with Crippen LogP contribution in [0.5, 0.6) is 0 Å². The maximum atomic E-state index is 9.11. The summed E-state index contributed by atoms with van der Waals surface area (Å²) in [4.78, 5) is 0. The Hall–Kier alpha value is 1.32. The van der Waals surface area contributed by atoms with Crippen LogP contribution in [0.15, 0.2) is 0 Å². The molecule has 0 aliphatic heterocycles. The summed E-state index contributed by atoms with van der Waals surface area (Å²) in [5.74, 6) is 0. The van der Waals surface area contributed by atoms with Crippen molar-refractivity contribution in [3.05, 3.63) is 0 Å². The molecule has 0 spiro atoms. The summed E-state index contributed by atoms with van der Waals surface area (Å²) in [6, 6.07) is 0. The molecule has 7 nitrogen and oxygen atoms in total. The third-order valence-corrected chi connectivity index (χ3v) is 0. The number of rotatable bonds is 0. The number of hydrogen-bond donors (Lipinski definition) is 5. The standard InChI is InChI=1S/H3N.Na.H2O3S2.H2O3S.H/c;;1-5(2,3)4;1-4(2)3;/h1H3;;(H2,1,2,3,4);(H2,1,2,3);/q;+1;;;-1. The van der Waals surface area contributed by atoms with Gasteiger partial charge in [-0.15, -0.1) is 0 Å². The van der Waals surface area contributed by atoms with E-state index in [0.29, 0.717) is 0 Å². The minimum Gasteiger partial charge on any atom is -1.00 e. The molecule has 0 aliphatic rings. The van der Waals surface area contributed by atoms with E-state index >= 15 is 0 Å². The van der Waals surface area contributed by atoms with Crippen molar-refractivity contribution in [2.75, 3.05) is 0 Å². The molecule has 0 rings (SSSR count). The first kappa shape index (κ1) is 22.8. The second-order valence-corrected chi connectivity index (χ2v) is 3.34. The average Bonchev–Trinajstić information content (AvgIpc) is 1.19. The fourth-order valence-corrected chi connectivity index (χ4v) is 0. The first-order valence-electron chi connectivity index (χ1n) is 1.23. The minimum atomic E-state index is -3.83. The van der Waals surface area contributed by atoms with Crippen molar-refractivity contribution < 1.29 is 57.6 Å². The number of hydrogen-bond acceptors (Lipinski definition) is 4. The summed E-state index contributed by atoms with van der Waals surface area (Å²) in [6.45, 7) is 0. The summed E-state index contributed by atoms with van der Waals surface area (Å²) in [5, 5.41) is 0. The Kier molecular flexibility index (Phi) is 23.5. The van der Waals surface area contributed by atoms with Crippen LogP contribution in [0.2, 0.25) is 0 Å². The van der Waals surface area contributed by atoms with Crippen LogP contribution in [-0.4, -0.2) is 26.6 Å². The average molecular weight is 237 g/mol. The van der Waals surface area contributed by atoms with Crippen LogP contribution in [0.1, 0.15) is 1.43 Å². The Bertz CT molecular complexity index is 165. The van der Waals surface area contributed by atoms with Gasteiger partial charge in [-0.3, -0.25) is 18.2 Å². The second-order valence-electron chi connectivity index (χ2n) is 0.679. The van der Waals surface area contributed by atoms with Gasteiger partial charge < -0.3 is 7.58 Å². The van der Waals surface area contributed by atoms with Crippen molar-refractivity contribution in [3.63, 3.8) is 0 Å². The van der Waals surface area contributed by atoms with E-state index in [2.05, 4.69) is 11.2 Å². The van der Waals surface area contributed by atoms with E-state index in [0.717, 1.165) is 0 Å². The Labute approximate surface area is 94.8 Å². The van der Waals surface area contributed by atoms with E-state index < -0.39 is 20.4 Å². The van der Waals surface area contributed by atoms with Gasteiger partial charge in [0.25, 0.3) is 20.4 Å². The molecule has 0 atom stereocenters. The molecule has 0 saturated carbocycles. The van der Waals surface area contributed by atoms with Gasteiger partial charge in [0.05, 0.1) is 0 Å². The molecule has 11 heteroatoms. The van der Waals surface area contributed by atoms with Crippen molar-refractivity contribution in [2.24, 2.45) is 0 Å². The van der Waals surface area contributed by atoms with E-state index in [1.165, 1.54) is 0 Å². The fourth-order valence-electron chi connectivity index (χ4n) is 0. The summed E-state index contributed by atoms with van der Waals surface area (Å²) in [6.07, 6.45) is 0. The molecular weight excluding hydrogens is 229 g/mol. The first-order valence-corrected chi connectivity index (χ1v) is 4.69. The molecule has 0 aliphatic carbocycles. The van der Waals surface area contributed by atoms with Crippen LogP contribution in [0.3, 0.4) is 0 Å². The maximum absolute atomic E-state index is 9.11. The van der Waals surface area contributed by atoms with E-state index in [-0.39, 0.29) is 37.1 Å². The van der Waals surface area contributed by atoms with Gasteiger partial charge in [0.1, 0.15) is 0 Å². The van der Waals surface area contributed by atoms with Crippen molar-refractivity contribution in [2.45, 2.75) is 0 Å². The third-order valence-electron chi connectivity index (χ3n) is 0. The summed E-state index contributed by atoms with van der Waals surface area (Å²) < 4.78 is 46.8. The second kappa shape index (κ2) is 11.3. The van der Waals surface area contributed by atoms with E-state index in [1.54, 1.807) is 0 Å². The topological polar surface area (TPSA) is 150 Å². The molecule has 11 heavy (non-hydrogen) atoms. The molecule has 0 saturated heterocycles. The molecule has 0 radical (unpaired) electrons. The van der Waals surface area contributed by atoms with Crippen LogP contribution in [0, 0.1) is 0 Å². The van der Waals surface area contributed by atoms with Crippen molar-refractivity contribution >= 4 is 31.6 Å². The summed E-state index contributed by atoms with van der Waals surface area (Å²) in [5.41, 5.74) is 0. The molecular formula is H8NNaO6S3. The molecule has 0 bridgehead atoms. The van der Waals surface area contributed by atoms with Gasteiger partial charge in [0.15, 0.2) is 0 Å². The Morgan fingerprint density at radius 3 is 1.36 bits per heavy atom. The van der Waals surface area contributed by atoms with Gasteiger partial charge in [0.2, 0.25) is 0 Å². The van der Waals surface area contributed by atoms with Gasteiger partial charge in [-0.05, 0) is 0 Å². The van der Waals surface area contributed by atoms with E-state index in [9.17, 15) is 0 Å². The Balaban J connectivity index is -0.0000000221. The Morgan fingerprint density at radius 2 is 1.36 bits per heavy atom. The third kappa shape index (κ3) is 564. The molecule has 0 unspecified atom stereocenters. The molecule has 68 valence electrons. The summed E-state index contributed by atoms with van der Waals surface area (Å²) >= 11 is 0.854. The van der Waals surface area contributed by atoms with Crippen molar-refractivity contribution in [1.82, 2.24) is 6.15 Å². The zero-order valence-electron chi connectivity index (χ0n) is 6.54. The molecule has 7 N–H and O–H groups in total. The minimum absolute atomic E-state index is 0. The largest absolute Gasteiger partial charge is 1.00 e. The smallest absolute Gasteiger partial charge is 1.00 e. The van der Waals surface area contributed by atoms with Gasteiger partial charge in [-0.1, -0.05) is 0 Å². The molecule has 0 aromatic rings. The normalized spacial score (nSPS) is 8.45. The van der Waals surface area contributed by atoms with Gasteiger partial charge in [-0.2, -0.15) is 8.42 Å². The van der Waals surface area contributed by atoms with Crippen LogP contribution in [0.4, 0.5) is 0 Å². The predicted molar refractivity (Wildman–Crippen MR) is 40.3 cm³/mol. The molecule has 0 fully saturated rings. The van der Waals surface area contributed by atoms with Gasteiger partial charge in [0, 0.05) is 11.2 Å². The van der Waals surface area contributed by atoms with E-state index in [1.807, 2.05) is 0 Å². The quantitative estimate of drug-likeness (QED) is 0.216. The molecule has 0 amide bonds. The first-order chi connectivity index (χ1) is 3.73. The Morgan fingerprint density at radius 1 is 1.36 bits per heavy atom. The monoisotopic (exact) mass is 237 g/mol. The zero-order chi connectivity index (χ0) is 8.08. The van der Waals surface area contributed by atoms with Crippen LogP contribution >= 0.6 is 0 Å². The van der Waals surface area contributed by atoms with Crippen molar-refractivity contribution in [1.29, 1.82) is 0 Å². The zero-order valence-corrected chi connectivity index (χ0v) is 9.99.